The Morgan fingerprint density at radius 3 is 2.28 bits per heavy atom. The molecule has 32 heavy (non-hydrogen) atoms. The van der Waals surface area contributed by atoms with Crippen LogP contribution in [0.5, 0.6) is 0 Å². The summed E-state index contributed by atoms with van der Waals surface area (Å²) in [6.45, 7) is 6.64. The van der Waals surface area contributed by atoms with Gasteiger partial charge in [0.05, 0.1) is 0 Å². The molecule has 2 heterocycles. The van der Waals surface area contributed by atoms with Crippen molar-refractivity contribution in [2.24, 2.45) is 11.8 Å². The number of thioether (sulfide) groups is 1. The van der Waals surface area contributed by atoms with Gasteiger partial charge in [-0.1, -0.05) is 13.8 Å². The molecule has 0 bridgehead atoms. The highest BCUT2D eigenvalue weighted by molar-refractivity contribution is 7.99. The second-order valence-electron chi connectivity index (χ2n) is 8.01. The lowest BCUT2D eigenvalue weighted by molar-refractivity contribution is -0.197. The molecular formula is C21H31NO9S. The highest BCUT2D eigenvalue weighted by Crippen LogP contribution is 2.38. The second-order valence-corrected chi connectivity index (χ2v) is 9.22. The normalized spacial score (nSPS) is 27.9. The highest BCUT2D eigenvalue weighted by atomic mass is 32.2. The number of hydroxylamine groups is 2. The number of amides is 2. The topological polar surface area (TPSA) is 126 Å². The molecule has 0 aromatic rings. The van der Waals surface area contributed by atoms with Gasteiger partial charge in [-0.25, -0.2) is 4.79 Å². The van der Waals surface area contributed by atoms with Gasteiger partial charge in [-0.15, -0.1) is 16.8 Å². The number of ether oxygens (including phenoxy) is 3. The SMILES string of the molecule is CC(=O)OCC1O[C@@H](SCCCCC(=O)ON2C(=O)CCC2=O)C(C)[C@@H](C)[C@H]1OC(C)=O. The van der Waals surface area contributed by atoms with Crippen molar-refractivity contribution in [2.45, 2.75) is 77.4 Å². The maximum Gasteiger partial charge on any atom is 0.333 e. The first-order valence-corrected chi connectivity index (χ1v) is 11.8. The van der Waals surface area contributed by atoms with Gasteiger partial charge in [0.15, 0.2) is 0 Å². The third kappa shape index (κ3) is 7.47. The lowest BCUT2D eigenvalue weighted by atomic mass is 9.85. The largest absolute Gasteiger partial charge is 0.463 e. The first-order chi connectivity index (χ1) is 15.1. The summed E-state index contributed by atoms with van der Waals surface area (Å²) in [6.07, 6.45) is 0.394. The lowest BCUT2D eigenvalue weighted by Gasteiger charge is -2.43. The number of hydrogen-bond acceptors (Lipinski definition) is 10. The molecule has 180 valence electrons. The second kappa shape index (κ2) is 12.2. The van der Waals surface area contributed by atoms with Gasteiger partial charge in [-0.05, 0) is 24.5 Å². The monoisotopic (exact) mass is 473 g/mol. The molecule has 2 aliphatic heterocycles. The first kappa shape index (κ1) is 26.1. The highest BCUT2D eigenvalue weighted by Gasteiger charge is 2.44. The van der Waals surface area contributed by atoms with Gasteiger partial charge in [0.25, 0.3) is 11.8 Å². The Hall–Kier alpha value is -2.14. The zero-order valence-electron chi connectivity index (χ0n) is 18.9. The molecule has 0 spiro atoms. The predicted molar refractivity (Wildman–Crippen MR) is 113 cm³/mol. The van der Waals surface area contributed by atoms with Crippen molar-refractivity contribution in [1.29, 1.82) is 0 Å². The molecule has 2 aliphatic rings. The van der Waals surface area contributed by atoms with Crippen molar-refractivity contribution in [1.82, 2.24) is 5.06 Å². The summed E-state index contributed by atoms with van der Waals surface area (Å²) in [5, 5.41) is 0.554. The third-order valence-corrected chi connectivity index (χ3v) is 6.85. The Bertz CT molecular complexity index is 712. The van der Waals surface area contributed by atoms with Crippen molar-refractivity contribution in [3.63, 3.8) is 0 Å². The number of unbranched alkanes of at least 4 members (excludes halogenated alkanes) is 1. The van der Waals surface area contributed by atoms with E-state index in [1.807, 2.05) is 13.8 Å². The Morgan fingerprint density at radius 1 is 1.03 bits per heavy atom. The van der Waals surface area contributed by atoms with E-state index < -0.39 is 41.9 Å². The molecule has 2 saturated heterocycles. The molecule has 0 aromatic heterocycles. The van der Waals surface area contributed by atoms with Crippen LogP contribution in [-0.2, 0) is 43.0 Å². The van der Waals surface area contributed by atoms with Crippen LogP contribution in [0.15, 0.2) is 0 Å². The summed E-state index contributed by atoms with van der Waals surface area (Å²) in [4.78, 5) is 62.4. The molecule has 5 atom stereocenters. The van der Waals surface area contributed by atoms with E-state index in [1.54, 1.807) is 11.8 Å². The standard InChI is InChI=1S/C21H31NO9S/c1-12-13(2)21(30-16(11-28-14(3)23)20(12)29-15(4)24)32-10-6-5-7-19(27)31-22-17(25)8-9-18(22)26/h12-13,16,20-21H,5-11H2,1-4H3/t12-,13?,16?,20-,21+/m1/s1. The van der Waals surface area contributed by atoms with Crippen molar-refractivity contribution in [3.05, 3.63) is 0 Å². The number of carbonyl (C=O) groups is 5. The summed E-state index contributed by atoms with van der Waals surface area (Å²) in [5.41, 5.74) is -0.191. The molecule has 0 N–H and O–H groups in total. The summed E-state index contributed by atoms with van der Waals surface area (Å²) < 4.78 is 16.6. The van der Waals surface area contributed by atoms with Crippen LogP contribution in [0.4, 0.5) is 0 Å². The van der Waals surface area contributed by atoms with E-state index in [4.69, 9.17) is 19.0 Å². The average molecular weight is 474 g/mol. The van der Waals surface area contributed by atoms with Gasteiger partial charge in [-0.3, -0.25) is 19.2 Å². The lowest BCUT2D eigenvalue weighted by Crippen LogP contribution is -2.52. The molecule has 0 aliphatic carbocycles. The van der Waals surface area contributed by atoms with Crippen LogP contribution in [0, 0.1) is 11.8 Å². The van der Waals surface area contributed by atoms with Crippen LogP contribution in [0.1, 0.15) is 59.8 Å². The van der Waals surface area contributed by atoms with Crippen LogP contribution in [0.3, 0.4) is 0 Å². The fourth-order valence-electron chi connectivity index (χ4n) is 3.53. The van der Waals surface area contributed by atoms with E-state index in [-0.39, 0.29) is 43.1 Å². The first-order valence-electron chi connectivity index (χ1n) is 10.7. The Kier molecular flexibility index (Phi) is 9.95. The molecule has 11 heteroatoms. The number of imide groups is 1. The molecule has 10 nitrogen and oxygen atoms in total. The minimum atomic E-state index is -0.611. The van der Waals surface area contributed by atoms with Crippen molar-refractivity contribution in [2.75, 3.05) is 12.4 Å². The van der Waals surface area contributed by atoms with E-state index in [0.29, 0.717) is 23.7 Å². The minimum absolute atomic E-state index is 0.00117. The number of carbonyl (C=O) groups excluding carboxylic acids is 5. The molecular weight excluding hydrogens is 442 g/mol. The predicted octanol–water partition coefficient (Wildman–Crippen LogP) is 1.99. The fraction of sp³-hybridized carbons (Fsp3) is 0.762. The van der Waals surface area contributed by atoms with Crippen LogP contribution in [-0.4, -0.2) is 64.8 Å². The van der Waals surface area contributed by atoms with Crippen LogP contribution < -0.4 is 0 Å². The molecule has 0 aromatic carbocycles. The Morgan fingerprint density at radius 2 is 1.69 bits per heavy atom. The van der Waals surface area contributed by atoms with Gasteiger partial charge in [0.1, 0.15) is 24.3 Å². The van der Waals surface area contributed by atoms with E-state index in [9.17, 15) is 24.0 Å². The quantitative estimate of drug-likeness (QED) is 0.264. The fourth-order valence-corrected chi connectivity index (χ4v) is 4.91. The minimum Gasteiger partial charge on any atom is -0.463 e. The zero-order chi connectivity index (χ0) is 23.8. The molecule has 2 fully saturated rings. The van der Waals surface area contributed by atoms with Gasteiger partial charge in [0, 0.05) is 39.0 Å². The number of nitrogens with zero attached hydrogens (tertiary/aromatic N) is 1. The van der Waals surface area contributed by atoms with E-state index >= 15 is 0 Å². The average Bonchev–Trinajstić information content (AvgIpc) is 3.03. The number of rotatable bonds is 10. The van der Waals surface area contributed by atoms with Gasteiger partial charge in [-0.2, -0.15) is 0 Å². The molecule has 2 amide bonds. The summed E-state index contributed by atoms with van der Waals surface area (Å²) in [7, 11) is 0. The van der Waals surface area contributed by atoms with Gasteiger partial charge < -0.3 is 19.0 Å². The summed E-state index contributed by atoms with van der Waals surface area (Å²) >= 11 is 1.58. The number of hydrogen-bond donors (Lipinski definition) is 0. The van der Waals surface area contributed by atoms with E-state index in [0.717, 1.165) is 0 Å². The maximum atomic E-state index is 11.9. The van der Waals surface area contributed by atoms with Crippen LogP contribution in [0.25, 0.3) is 0 Å². The molecule has 2 rings (SSSR count). The summed E-state index contributed by atoms with van der Waals surface area (Å²) in [6, 6.07) is 0. The third-order valence-electron chi connectivity index (χ3n) is 5.46. The number of esters is 2. The Balaban J connectivity index is 1.78. The molecule has 0 saturated carbocycles. The van der Waals surface area contributed by atoms with E-state index in [2.05, 4.69) is 0 Å². The maximum absolute atomic E-state index is 11.9. The summed E-state index contributed by atoms with van der Waals surface area (Å²) in [5.74, 6) is -1.67. The van der Waals surface area contributed by atoms with Gasteiger partial charge >= 0.3 is 17.9 Å². The van der Waals surface area contributed by atoms with E-state index in [1.165, 1.54) is 13.8 Å². The molecule has 0 radical (unpaired) electrons. The zero-order valence-corrected chi connectivity index (χ0v) is 19.7. The van der Waals surface area contributed by atoms with Crippen LogP contribution in [0.2, 0.25) is 0 Å². The molecule has 2 unspecified atom stereocenters. The van der Waals surface area contributed by atoms with Crippen molar-refractivity contribution in [3.8, 4) is 0 Å². The van der Waals surface area contributed by atoms with Crippen molar-refractivity contribution >= 4 is 41.5 Å². The Labute approximate surface area is 191 Å². The van der Waals surface area contributed by atoms with Crippen molar-refractivity contribution < 1.29 is 43.0 Å². The van der Waals surface area contributed by atoms with Gasteiger partial charge in [0.2, 0.25) is 0 Å². The smallest absolute Gasteiger partial charge is 0.333 e. The van der Waals surface area contributed by atoms with Crippen LogP contribution >= 0.6 is 11.8 Å².